The van der Waals surface area contributed by atoms with E-state index in [0.717, 1.165) is 0 Å². The molecular weight excluding hydrogens is 341 g/mol. The Morgan fingerprint density at radius 2 is 2.19 bits per heavy atom. The van der Waals surface area contributed by atoms with Crippen molar-refractivity contribution in [3.8, 4) is 5.82 Å². The Labute approximate surface area is 130 Å². The highest BCUT2D eigenvalue weighted by atomic mass is 79.9. The molecule has 0 N–H and O–H groups in total. The molecule has 21 heavy (non-hydrogen) atoms. The highest BCUT2D eigenvalue weighted by Gasteiger charge is 2.32. The van der Waals surface area contributed by atoms with E-state index in [9.17, 15) is 9.18 Å². The number of halogens is 2. The lowest BCUT2D eigenvalue weighted by molar-refractivity contribution is 0.0518. The van der Waals surface area contributed by atoms with E-state index >= 15 is 0 Å². The van der Waals surface area contributed by atoms with Crippen LogP contribution in [-0.2, 0) is 10.4 Å². The van der Waals surface area contributed by atoms with Gasteiger partial charge in [0, 0.05) is 0 Å². The average molecular weight is 356 g/mol. The summed E-state index contributed by atoms with van der Waals surface area (Å²) < 4.78 is 21.4. The van der Waals surface area contributed by atoms with Crippen molar-refractivity contribution in [2.24, 2.45) is 0 Å². The number of hydrogen-bond acceptors (Lipinski definition) is 4. The fourth-order valence-electron chi connectivity index (χ4n) is 1.97. The molecule has 2 aromatic rings. The number of aromatic nitrogens is 3. The number of ether oxygens (including phenoxy) is 1. The number of carbonyl (C=O) groups excluding carboxylic acids is 1. The van der Waals surface area contributed by atoms with Gasteiger partial charge in [0.1, 0.15) is 15.8 Å². The fourth-order valence-corrected chi connectivity index (χ4v) is 2.30. The molecule has 0 saturated carbocycles. The van der Waals surface area contributed by atoms with Crippen LogP contribution in [0.25, 0.3) is 5.82 Å². The number of carbonyl (C=O) groups is 1. The van der Waals surface area contributed by atoms with Gasteiger partial charge in [-0.15, -0.1) is 0 Å². The smallest absolute Gasteiger partial charge is 0.341 e. The number of esters is 1. The molecule has 2 rings (SSSR count). The normalized spacial score (nSPS) is 11.5. The van der Waals surface area contributed by atoms with Gasteiger partial charge in [0.25, 0.3) is 0 Å². The maximum atomic E-state index is 14.6. The van der Waals surface area contributed by atoms with Gasteiger partial charge in [-0.1, -0.05) is 6.07 Å². The van der Waals surface area contributed by atoms with Crippen LogP contribution in [0.15, 0.2) is 29.0 Å². The van der Waals surface area contributed by atoms with Crippen molar-refractivity contribution in [2.45, 2.75) is 26.4 Å². The van der Waals surface area contributed by atoms with Crippen LogP contribution >= 0.6 is 15.9 Å². The molecule has 2 heterocycles. The molecule has 0 aromatic carbocycles. The second kappa shape index (κ2) is 5.93. The van der Waals surface area contributed by atoms with Gasteiger partial charge in [-0.2, -0.15) is 5.10 Å². The molecule has 0 aliphatic rings. The van der Waals surface area contributed by atoms with Gasteiger partial charge in [-0.25, -0.2) is 18.9 Å². The molecule has 0 saturated heterocycles. The van der Waals surface area contributed by atoms with Gasteiger partial charge in [0.2, 0.25) is 0 Å². The van der Waals surface area contributed by atoms with Crippen molar-refractivity contribution in [2.75, 3.05) is 6.61 Å². The van der Waals surface area contributed by atoms with Gasteiger partial charge in [-0.05, 0) is 48.8 Å². The predicted molar refractivity (Wildman–Crippen MR) is 79.1 cm³/mol. The summed E-state index contributed by atoms with van der Waals surface area (Å²) in [4.78, 5) is 16.2. The van der Waals surface area contributed by atoms with Crippen LogP contribution in [0.3, 0.4) is 0 Å². The van der Waals surface area contributed by atoms with Gasteiger partial charge < -0.3 is 4.74 Å². The molecule has 0 spiro atoms. The molecule has 0 amide bonds. The van der Waals surface area contributed by atoms with E-state index in [1.165, 1.54) is 24.7 Å². The lowest BCUT2D eigenvalue weighted by atomic mass is 10.0. The zero-order valence-corrected chi connectivity index (χ0v) is 13.5. The van der Waals surface area contributed by atoms with Gasteiger partial charge >= 0.3 is 5.97 Å². The number of hydrogen-bond donors (Lipinski definition) is 0. The molecule has 7 heteroatoms. The second-order valence-corrected chi connectivity index (χ2v) is 5.64. The SMILES string of the molecule is CCOC(=O)c1cnn(-c2cccc(Br)n2)c1C(C)(C)F. The molecule has 0 atom stereocenters. The maximum Gasteiger partial charge on any atom is 0.341 e. The van der Waals surface area contributed by atoms with E-state index < -0.39 is 11.6 Å². The Balaban J connectivity index is 2.60. The fraction of sp³-hybridized carbons (Fsp3) is 0.357. The monoisotopic (exact) mass is 355 g/mol. The summed E-state index contributed by atoms with van der Waals surface area (Å²) in [5.41, 5.74) is -1.56. The minimum Gasteiger partial charge on any atom is -0.462 e. The Hall–Kier alpha value is -1.76. The van der Waals surface area contributed by atoms with Crippen LogP contribution in [0.1, 0.15) is 36.8 Å². The number of pyridine rings is 1. The lowest BCUT2D eigenvalue weighted by Gasteiger charge is -2.18. The Kier molecular flexibility index (Phi) is 4.41. The lowest BCUT2D eigenvalue weighted by Crippen LogP contribution is -2.21. The van der Waals surface area contributed by atoms with E-state index in [2.05, 4.69) is 26.0 Å². The van der Waals surface area contributed by atoms with Crippen molar-refractivity contribution >= 4 is 21.9 Å². The standard InChI is InChI=1S/C14H15BrFN3O2/c1-4-21-13(20)9-8-17-19(12(9)14(2,3)16)11-7-5-6-10(15)18-11/h5-8H,4H2,1-3H3. The Morgan fingerprint density at radius 3 is 2.76 bits per heavy atom. The highest BCUT2D eigenvalue weighted by molar-refractivity contribution is 9.10. The summed E-state index contributed by atoms with van der Waals surface area (Å²) in [6.45, 7) is 4.63. The third-order valence-corrected chi connectivity index (χ3v) is 3.19. The third kappa shape index (κ3) is 3.29. The average Bonchev–Trinajstić information content (AvgIpc) is 2.83. The first-order chi connectivity index (χ1) is 9.84. The third-order valence-electron chi connectivity index (χ3n) is 2.75. The minimum absolute atomic E-state index is 0.103. The van der Waals surface area contributed by atoms with Crippen molar-refractivity contribution in [3.63, 3.8) is 0 Å². The second-order valence-electron chi connectivity index (χ2n) is 4.83. The summed E-state index contributed by atoms with van der Waals surface area (Å²) in [6.07, 6.45) is 1.30. The first-order valence-corrected chi connectivity index (χ1v) is 7.21. The van der Waals surface area contributed by atoms with Crippen molar-refractivity contribution in [3.05, 3.63) is 40.3 Å². The quantitative estimate of drug-likeness (QED) is 0.622. The molecular formula is C14H15BrFN3O2. The number of rotatable bonds is 4. The van der Waals surface area contributed by atoms with Crippen molar-refractivity contribution < 1.29 is 13.9 Å². The van der Waals surface area contributed by atoms with E-state index in [1.54, 1.807) is 25.1 Å². The minimum atomic E-state index is -1.78. The molecule has 0 radical (unpaired) electrons. The molecule has 0 aliphatic heterocycles. The van der Waals surface area contributed by atoms with Crippen molar-refractivity contribution in [1.29, 1.82) is 0 Å². The van der Waals surface area contributed by atoms with E-state index in [0.29, 0.717) is 10.4 Å². The predicted octanol–water partition coefficient (Wildman–Crippen LogP) is 3.41. The number of nitrogens with zero attached hydrogens (tertiary/aromatic N) is 3. The topological polar surface area (TPSA) is 57.0 Å². The van der Waals surface area contributed by atoms with Gasteiger partial charge in [0.15, 0.2) is 5.82 Å². The van der Waals surface area contributed by atoms with Gasteiger partial charge in [0.05, 0.1) is 18.5 Å². The maximum absolute atomic E-state index is 14.6. The molecule has 0 unspecified atom stereocenters. The Morgan fingerprint density at radius 1 is 1.48 bits per heavy atom. The van der Waals surface area contributed by atoms with Crippen LogP contribution in [0.4, 0.5) is 4.39 Å². The van der Waals surface area contributed by atoms with E-state index in [4.69, 9.17) is 4.74 Å². The van der Waals surface area contributed by atoms with Crippen LogP contribution in [0.5, 0.6) is 0 Å². The largest absolute Gasteiger partial charge is 0.462 e. The molecule has 0 fully saturated rings. The first kappa shape index (κ1) is 15.6. The summed E-state index contributed by atoms with van der Waals surface area (Å²) in [7, 11) is 0. The van der Waals surface area contributed by atoms with Crippen LogP contribution in [-0.4, -0.2) is 27.3 Å². The molecule has 112 valence electrons. The van der Waals surface area contributed by atoms with Crippen LogP contribution in [0, 0.1) is 0 Å². The highest BCUT2D eigenvalue weighted by Crippen LogP contribution is 2.30. The zero-order valence-electron chi connectivity index (χ0n) is 11.9. The zero-order chi connectivity index (χ0) is 15.6. The van der Waals surface area contributed by atoms with E-state index in [1.807, 2.05) is 0 Å². The summed E-state index contributed by atoms with van der Waals surface area (Å²) >= 11 is 3.26. The first-order valence-electron chi connectivity index (χ1n) is 6.42. The molecule has 0 aliphatic carbocycles. The van der Waals surface area contributed by atoms with Crippen LogP contribution in [0.2, 0.25) is 0 Å². The van der Waals surface area contributed by atoms with Crippen molar-refractivity contribution in [1.82, 2.24) is 14.8 Å². The molecule has 0 bridgehead atoms. The summed E-state index contributed by atoms with van der Waals surface area (Å²) in [5, 5.41) is 4.09. The Bertz CT molecular complexity index is 664. The van der Waals surface area contributed by atoms with E-state index in [-0.39, 0.29) is 17.9 Å². The number of alkyl halides is 1. The van der Waals surface area contributed by atoms with Crippen LogP contribution < -0.4 is 0 Å². The summed E-state index contributed by atoms with van der Waals surface area (Å²) in [6, 6.07) is 5.19. The molecule has 2 aromatic heterocycles. The summed E-state index contributed by atoms with van der Waals surface area (Å²) in [5.74, 6) is -0.180. The van der Waals surface area contributed by atoms with Gasteiger partial charge in [-0.3, -0.25) is 0 Å². The molecule has 5 nitrogen and oxygen atoms in total.